The van der Waals surface area contributed by atoms with E-state index in [1.54, 1.807) is 0 Å². The van der Waals surface area contributed by atoms with Crippen LogP contribution >= 0.6 is 0 Å². The van der Waals surface area contributed by atoms with E-state index in [4.69, 9.17) is 0 Å². The zero-order valence-electron chi connectivity index (χ0n) is 14.0. The third-order valence-corrected chi connectivity index (χ3v) is 5.10. The molecule has 1 heterocycles. The third-order valence-electron chi connectivity index (χ3n) is 5.10. The zero-order valence-corrected chi connectivity index (χ0v) is 14.0. The van der Waals surface area contributed by atoms with E-state index in [1.807, 2.05) is 18.7 Å². The van der Waals surface area contributed by atoms with E-state index < -0.39 is 11.1 Å². The van der Waals surface area contributed by atoms with Gasteiger partial charge in [0, 0.05) is 6.54 Å². The summed E-state index contributed by atoms with van der Waals surface area (Å²) >= 11 is 0. The van der Waals surface area contributed by atoms with E-state index in [0.717, 1.165) is 38.5 Å². The van der Waals surface area contributed by atoms with Gasteiger partial charge in [0.1, 0.15) is 11.1 Å². The molecule has 2 fully saturated rings. The summed E-state index contributed by atoms with van der Waals surface area (Å²) in [5.41, 5.74) is -1.35. The Labute approximate surface area is 128 Å². The number of nitrogens with zero attached hydrogens (tertiary/aromatic N) is 1. The molecule has 1 aliphatic carbocycles. The predicted molar refractivity (Wildman–Crippen MR) is 83.8 cm³/mol. The maximum Gasteiger partial charge on any atom is 0.248 e. The van der Waals surface area contributed by atoms with E-state index >= 15 is 0 Å². The van der Waals surface area contributed by atoms with Crippen LogP contribution in [-0.4, -0.2) is 34.3 Å². The Morgan fingerprint density at radius 2 is 1.81 bits per heavy atom. The second kappa shape index (κ2) is 5.98. The highest BCUT2D eigenvalue weighted by Crippen LogP contribution is 2.39. The highest BCUT2D eigenvalue weighted by atomic mass is 16.2. The average Bonchev–Trinajstić information content (AvgIpc) is 2.43. The van der Waals surface area contributed by atoms with Crippen molar-refractivity contribution in [3.05, 3.63) is 0 Å². The lowest BCUT2D eigenvalue weighted by molar-refractivity contribution is -0.165. The summed E-state index contributed by atoms with van der Waals surface area (Å²) < 4.78 is 0. The minimum atomic E-state index is -0.772. The molecule has 1 unspecified atom stereocenters. The first-order chi connectivity index (χ1) is 9.83. The van der Waals surface area contributed by atoms with Crippen LogP contribution < -0.4 is 5.32 Å². The number of carbonyl (C=O) groups is 2. The Balaban J connectivity index is 2.30. The maximum atomic E-state index is 12.9. The summed E-state index contributed by atoms with van der Waals surface area (Å²) in [7, 11) is 0. The van der Waals surface area contributed by atoms with Gasteiger partial charge in [0.25, 0.3) is 0 Å². The Kier molecular flexibility index (Phi) is 4.64. The van der Waals surface area contributed by atoms with Crippen LogP contribution in [0.15, 0.2) is 0 Å². The van der Waals surface area contributed by atoms with Gasteiger partial charge < -0.3 is 10.2 Å². The Bertz CT molecular complexity index is 411. The highest BCUT2D eigenvalue weighted by molar-refractivity contribution is 6.01. The molecular formula is C17H30N2O2. The second-order valence-electron chi connectivity index (χ2n) is 7.48. The summed E-state index contributed by atoms with van der Waals surface area (Å²) in [5.74, 6) is 0.599. The van der Waals surface area contributed by atoms with Gasteiger partial charge >= 0.3 is 0 Å². The lowest BCUT2D eigenvalue weighted by Gasteiger charge is -2.53. The largest absolute Gasteiger partial charge is 0.340 e. The Hall–Kier alpha value is -1.06. The van der Waals surface area contributed by atoms with Gasteiger partial charge in [0.05, 0.1) is 0 Å². The standard InChI is InChI=1S/C17H30N2O2/c1-5-9-13(2)12-19-15(21)16(3,4)18-14(20)17(19)10-7-6-8-11-17/h13H,5-12H2,1-4H3,(H,18,20). The molecule has 0 aromatic heterocycles. The summed E-state index contributed by atoms with van der Waals surface area (Å²) in [6, 6.07) is 0. The van der Waals surface area contributed by atoms with E-state index in [1.165, 1.54) is 6.42 Å². The van der Waals surface area contributed by atoms with Gasteiger partial charge in [-0.15, -0.1) is 0 Å². The Morgan fingerprint density at radius 1 is 1.19 bits per heavy atom. The molecule has 0 aromatic carbocycles. The summed E-state index contributed by atoms with van der Waals surface area (Å²) in [4.78, 5) is 27.6. The first-order valence-electron chi connectivity index (χ1n) is 8.48. The predicted octanol–water partition coefficient (Wildman–Crippen LogP) is 2.86. The summed E-state index contributed by atoms with van der Waals surface area (Å²) in [6.45, 7) is 8.71. The van der Waals surface area contributed by atoms with Crippen LogP contribution in [0.25, 0.3) is 0 Å². The molecule has 21 heavy (non-hydrogen) atoms. The van der Waals surface area contributed by atoms with Gasteiger partial charge in [-0.3, -0.25) is 9.59 Å². The van der Waals surface area contributed by atoms with Crippen LogP contribution in [0.4, 0.5) is 0 Å². The van der Waals surface area contributed by atoms with Crippen molar-refractivity contribution in [1.82, 2.24) is 10.2 Å². The first kappa shape index (κ1) is 16.3. The van der Waals surface area contributed by atoms with E-state index in [9.17, 15) is 9.59 Å². The lowest BCUT2D eigenvalue weighted by atomic mass is 9.75. The fourth-order valence-electron chi connectivity index (χ4n) is 3.90. The van der Waals surface area contributed by atoms with Gasteiger partial charge in [0.15, 0.2) is 0 Å². The van der Waals surface area contributed by atoms with E-state index in [2.05, 4.69) is 19.2 Å². The molecule has 1 saturated carbocycles. The molecule has 1 atom stereocenters. The Morgan fingerprint density at radius 3 is 2.38 bits per heavy atom. The number of rotatable bonds is 4. The van der Waals surface area contributed by atoms with Crippen molar-refractivity contribution in [2.75, 3.05) is 6.54 Å². The minimum absolute atomic E-state index is 0.0653. The van der Waals surface area contributed by atoms with Gasteiger partial charge in [-0.1, -0.05) is 39.5 Å². The summed E-state index contributed by atoms with van der Waals surface area (Å²) in [6.07, 6.45) is 7.11. The number of amides is 2. The molecule has 1 saturated heterocycles. The number of hydrogen-bond donors (Lipinski definition) is 1. The topological polar surface area (TPSA) is 49.4 Å². The number of hydrogen-bond acceptors (Lipinski definition) is 2. The SMILES string of the molecule is CCCC(C)CN1C(=O)C(C)(C)NC(=O)C12CCCCC2. The molecule has 0 aromatic rings. The fraction of sp³-hybridized carbons (Fsp3) is 0.882. The van der Waals surface area contributed by atoms with E-state index in [0.29, 0.717) is 12.5 Å². The van der Waals surface area contributed by atoms with Crippen LogP contribution in [0.2, 0.25) is 0 Å². The van der Waals surface area contributed by atoms with Crippen molar-refractivity contribution in [3.63, 3.8) is 0 Å². The molecule has 120 valence electrons. The average molecular weight is 294 g/mol. The smallest absolute Gasteiger partial charge is 0.248 e. The number of piperazine rings is 1. The van der Waals surface area contributed by atoms with Gasteiger partial charge in [-0.25, -0.2) is 0 Å². The van der Waals surface area contributed by atoms with Crippen LogP contribution in [-0.2, 0) is 9.59 Å². The number of nitrogens with one attached hydrogen (secondary N) is 1. The molecule has 1 N–H and O–H groups in total. The third kappa shape index (κ3) is 2.95. The maximum absolute atomic E-state index is 12.9. The monoisotopic (exact) mass is 294 g/mol. The molecule has 0 bridgehead atoms. The molecule has 4 heteroatoms. The van der Waals surface area contributed by atoms with Crippen molar-refractivity contribution in [2.24, 2.45) is 5.92 Å². The van der Waals surface area contributed by atoms with E-state index in [-0.39, 0.29) is 11.8 Å². The van der Waals surface area contributed by atoms with Crippen molar-refractivity contribution >= 4 is 11.8 Å². The van der Waals surface area contributed by atoms with Gasteiger partial charge in [-0.2, -0.15) is 0 Å². The van der Waals surface area contributed by atoms with Crippen molar-refractivity contribution in [3.8, 4) is 0 Å². The highest BCUT2D eigenvalue weighted by Gasteiger charge is 2.55. The van der Waals surface area contributed by atoms with Crippen molar-refractivity contribution < 1.29 is 9.59 Å². The normalized spacial score (nSPS) is 25.8. The molecule has 1 aliphatic heterocycles. The first-order valence-corrected chi connectivity index (χ1v) is 8.48. The second-order valence-corrected chi connectivity index (χ2v) is 7.48. The fourth-order valence-corrected chi connectivity index (χ4v) is 3.90. The molecule has 1 spiro atoms. The van der Waals surface area contributed by atoms with Crippen molar-refractivity contribution in [2.45, 2.75) is 83.7 Å². The molecule has 2 rings (SSSR count). The molecule has 2 amide bonds. The molecule has 0 radical (unpaired) electrons. The number of carbonyl (C=O) groups excluding carboxylic acids is 2. The van der Waals surface area contributed by atoms with Crippen LogP contribution in [0.3, 0.4) is 0 Å². The molecular weight excluding hydrogens is 264 g/mol. The van der Waals surface area contributed by atoms with Crippen LogP contribution in [0.5, 0.6) is 0 Å². The molecule has 4 nitrogen and oxygen atoms in total. The van der Waals surface area contributed by atoms with Crippen LogP contribution in [0, 0.1) is 5.92 Å². The van der Waals surface area contributed by atoms with Crippen LogP contribution in [0.1, 0.15) is 72.6 Å². The summed E-state index contributed by atoms with van der Waals surface area (Å²) in [5, 5.41) is 2.97. The minimum Gasteiger partial charge on any atom is -0.340 e. The van der Waals surface area contributed by atoms with Gasteiger partial charge in [0.2, 0.25) is 11.8 Å². The van der Waals surface area contributed by atoms with Crippen molar-refractivity contribution in [1.29, 1.82) is 0 Å². The zero-order chi connectivity index (χ0) is 15.7. The molecule has 2 aliphatic rings. The quantitative estimate of drug-likeness (QED) is 0.866. The lowest BCUT2D eigenvalue weighted by Crippen LogP contribution is -2.74. The van der Waals surface area contributed by atoms with Gasteiger partial charge in [-0.05, 0) is 39.0 Å².